The molecule has 74 valence electrons. The van der Waals surface area contributed by atoms with Crippen LogP contribution in [0.25, 0.3) is 0 Å². The van der Waals surface area contributed by atoms with Gasteiger partial charge in [0.1, 0.15) is 0 Å². The van der Waals surface area contributed by atoms with Crippen LogP contribution in [0.5, 0.6) is 0 Å². The highest BCUT2D eigenvalue weighted by molar-refractivity contribution is 6.29. The van der Waals surface area contributed by atoms with Crippen LogP contribution in [-0.4, -0.2) is 37.1 Å². The summed E-state index contributed by atoms with van der Waals surface area (Å²) in [5.74, 6) is 0.852. The molecule has 0 amide bonds. The van der Waals surface area contributed by atoms with Gasteiger partial charge in [-0.05, 0) is 31.8 Å². The van der Waals surface area contributed by atoms with Gasteiger partial charge in [-0.1, -0.05) is 18.2 Å². The Morgan fingerprint density at radius 3 is 3.15 bits per heavy atom. The number of nitrogens with one attached hydrogen (secondary N) is 1. The van der Waals surface area contributed by atoms with Crippen LogP contribution in [0.4, 0.5) is 0 Å². The number of hydrogen-bond donors (Lipinski definition) is 1. The van der Waals surface area contributed by atoms with Gasteiger partial charge in [0, 0.05) is 24.2 Å². The average molecular weight is 201 g/mol. The molecule has 2 aliphatic rings. The second kappa shape index (κ2) is 3.99. The van der Waals surface area contributed by atoms with Gasteiger partial charge >= 0.3 is 0 Å². The number of fused-ring (bicyclic) bond motifs is 1. The zero-order chi connectivity index (χ0) is 9.26. The molecule has 2 rings (SSSR count). The van der Waals surface area contributed by atoms with E-state index < -0.39 is 0 Å². The summed E-state index contributed by atoms with van der Waals surface area (Å²) in [5, 5.41) is 4.22. The van der Waals surface area contributed by atoms with E-state index in [4.69, 9.17) is 11.6 Å². The van der Waals surface area contributed by atoms with E-state index in [0.29, 0.717) is 6.04 Å². The average Bonchev–Trinajstić information content (AvgIpc) is 2.51. The molecule has 1 N–H and O–H groups in total. The zero-order valence-electron chi connectivity index (χ0n) is 7.93. The first-order chi connectivity index (χ1) is 6.27. The Morgan fingerprint density at radius 2 is 2.38 bits per heavy atom. The topological polar surface area (TPSA) is 15.3 Å². The van der Waals surface area contributed by atoms with Crippen molar-refractivity contribution in [3.05, 3.63) is 11.6 Å². The number of nitrogens with zero attached hydrogens (tertiary/aromatic N) is 1. The van der Waals surface area contributed by atoms with Crippen molar-refractivity contribution in [2.45, 2.75) is 18.9 Å². The van der Waals surface area contributed by atoms with Crippen LogP contribution in [0, 0.1) is 5.92 Å². The third kappa shape index (κ3) is 2.06. The highest BCUT2D eigenvalue weighted by Gasteiger charge is 2.34. The summed E-state index contributed by atoms with van der Waals surface area (Å²) in [6.07, 6.45) is 2.69. The lowest BCUT2D eigenvalue weighted by Crippen LogP contribution is -2.45. The standard InChI is InChI=1S/C10H17ClN2/c1-8(11)7-13-4-2-3-9-5-12-6-10(9)13/h9-10,12H,1-7H2. The first kappa shape index (κ1) is 9.50. The minimum atomic E-state index is 0.712. The normalized spacial score (nSPS) is 34.5. The molecule has 0 aliphatic carbocycles. The van der Waals surface area contributed by atoms with Crippen LogP contribution in [0.1, 0.15) is 12.8 Å². The van der Waals surface area contributed by atoms with Gasteiger partial charge in [-0.3, -0.25) is 4.90 Å². The van der Waals surface area contributed by atoms with Crippen molar-refractivity contribution in [3.8, 4) is 0 Å². The van der Waals surface area contributed by atoms with Crippen molar-refractivity contribution in [3.63, 3.8) is 0 Å². The van der Waals surface area contributed by atoms with E-state index in [1.807, 2.05) is 0 Å². The molecule has 2 aliphatic heterocycles. The van der Waals surface area contributed by atoms with Crippen molar-refractivity contribution in [1.82, 2.24) is 10.2 Å². The first-order valence-electron chi connectivity index (χ1n) is 5.05. The smallest absolute Gasteiger partial charge is 0.0339 e. The first-order valence-corrected chi connectivity index (χ1v) is 5.43. The predicted octanol–water partition coefficient (Wildman–Crippen LogP) is 1.42. The molecule has 0 aromatic heterocycles. The lowest BCUT2D eigenvalue weighted by atomic mass is 9.92. The van der Waals surface area contributed by atoms with Gasteiger partial charge in [0.15, 0.2) is 0 Å². The van der Waals surface area contributed by atoms with Crippen LogP contribution in [0.15, 0.2) is 11.6 Å². The second-order valence-corrected chi connectivity index (χ2v) is 4.65. The minimum Gasteiger partial charge on any atom is -0.315 e. The molecule has 2 atom stereocenters. The van der Waals surface area contributed by atoms with E-state index in [1.165, 1.54) is 25.9 Å². The quantitative estimate of drug-likeness (QED) is 0.726. The molecule has 2 unspecified atom stereocenters. The molecule has 2 nitrogen and oxygen atoms in total. The molecule has 3 heteroatoms. The summed E-state index contributed by atoms with van der Waals surface area (Å²) in [6.45, 7) is 8.15. The Morgan fingerprint density at radius 1 is 1.54 bits per heavy atom. The SMILES string of the molecule is C=C(Cl)CN1CCCC2CNCC21. The van der Waals surface area contributed by atoms with Gasteiger partial charge in [0.05, 0.1) is 0 Å². The minimum absolute atomic E-state index is 0.712. The molecule has 0 saturated carbocycles. The van der Waals surface area contributed by atoms with Crippen LogP contribution in [0.3, 0.4) is 0 Å². The Hall–Kier alpha value is -0.0500. The van der Waals surface area contributed by atoms with Crippen molar-refractivity contribution in [2.24, 2.45) is 5.92 Å². The molecule has 0 spiro atoms. The maximum Gasteiger partial charge on any atom is 0.0339 e. The van der Waals surface area contributed by atoms with Crippen molar-refractivity contribution < 1.29 is 0 Å². The third-order valence-corrected chi connectivity index (χ3v) is 3.29. The Labute approximate surface area is 84.9 Å². The number of likely N-dealkylation sites (tertiary alicyclic amines) is 1. The summed E-state index contributed by atoms with van der Waals surface area (Å²) >= 11 is 5.84. The van der Waals surface area contributed by atoms with E-state index in [-0.39, 0.29) is 0 Å². The molecule has 0 aromatic carbocycles. The second-order valence-electron chi connectivity index (χ2n) is 4.12. The molecule has 2 saturated heterocycles. The van der Waals surface area contributed by atoms with E-state index in [0.717, 1.165) is 24.0 Å². The number of halogens is 1. The van der Waals surface area contributed by atoms with Gasteiger partial charge < -0.3 is 5.32 Å². The number of piperidine rings is 1. The third-order valence-electron chi connectivity index (χ3n) is 3.17. The van der Waals surface area contributed by atoms with Crippen LogP contribution < -0.4 is 5.32 Å². The fourth-order valence-electron chi connectivity index (χ4n) is 2.58. The van der Waals surface area contributed by atoms with E-state index in [1.54, 1.807) is 0 Å². The lowest BCUT2D eigenvalue weighted by molar-refractivity contribution is 0.139. The summed E-state index contributed by atoms with van der Waals surface area (Å²) in [6, 6.07) is 0.712. The van der Waals surface area contributed by atoms with E-state index in [2.05, 4.69) is 16.8 Å². The van der Waals surface area contributed by atoms with E-state index in [9.17, 15) is 0 Å². The molecular weight excluding hydrogens is 184 g/mol. The van der Waals surface area contributed by atoms with Crippen LogP contribution in [0.2, 0.25) is 0 Å². The fraction of sp³-hybridized carbons (Fsp3) is 0.800. The van der Waals surface area contributed by atoms with Crippen molar-refractivity contribution >= 4 is 11.6 Å². The maximum absolute atomic E-state index is 5.84. The van der Waals surface area contributed by atoms with Crippen molar-refractivity contribution in [1.29, 1.82) is 0 Å². The number of rotatable bonds is 2. The summed E-state index contributed by atoms with van der Waals surface area (Å²) < 4.78 is 0. The van der Waals surface area contributed by atoms with Gasteiger partial charge in [-0.25, -0.2) is 0 Å². The Kier molecular flexibility index (Phi) is 2.92. The molecule has 0 aromatic rings. The Bertz CT molecular complexity index is 205. The summed E-state index contributed by atoms with van der Waals surface area (Å²) in [5.41, 5.74) is 0. The monoisotopic (exact) mass is 200 g/mol. The van der Waals surface area contributed by atoms with Gasteiger partial charge in [-0.2, -0.15) is 0 Å². The molecule has 2 heterocycles. The molecule has 0 radical (unpaired) electrons. The van der Waals surface area contributed by atoms with Gasteiger partial charge in [-0.15, -0.1) is 0 Å². The zero-order valence-corrected chi connectivity index (χ0v) is 8.69. The van der Waals surface area contributed by atoms with Crippen LogP contribution in [-0.2, 0) is 0 Å². The highest BCUT2D eigenvalue weighted by Crippen LogP contribution is 2.26. The molecule has 0 bridgehead atoms. The fourth-order valence-corrected chi connectivity index (χ4v) is 2.73. The largest absolute Gasteiger partial charge is 0.315 e. The maximum atomic E-state index is 5.84. The summed E-state index contributed by atoms with van der Waals surface area (Å²) in [4.78, 5) is 2.48. The predicted molar refractivity (Wildman–Crippen MR) is 55.9 cm³/mol. The summed E-state index contributed by atoms with van der Waals surface area (Å²) in [7, 11) is 0. The van der Waals surface area contributed by atoms with Gasteiger partial charge in [0.2, 0.25) is 0 Å². The Balaban J connectivity index is 1.97. The van der Waals surface area contributed by atoms with Crippen molar-refractivity contribution in [2.75, 3.05) is 26.2 Å². The van der Waals surface area contributed by atoms with Gasteiger partial charge in [0.25, 0.3) is 0 Å². The lowest BCUT2D eigenvalue weighted by Gasteiger charge is -2.36. The van der Waals surface area contributed by atoms with E-state index >= 15 is 0 Å². The molecule has 13 heavy (non-hydrogen) atoms. The number of hydrogen-bond acceptors (Lipinski definition) is 2. The van der Waals surface area contributed by atoms with Crippen LogP contribution >= 0.6 is 11.6 Å². The molecule has 2 fully saturated rings. The molecular formula is C10H17ClN2. The highest BCUT2D eigenvalue weighted by atomic mass is 35.5.